The van der Waals surface area contributed by atoms with Crippen LogP contribution in [0.2, 0.25) is 0 Å². The molecular formula is C16H19N3O4S. The highest BCUT2D eigenvalue weighted by atomic mass is 32.2. The average molecular weight is 349 g/mol. The van der Waals surface area contributed by atoms with Crippen molar-refractivity contribution in [3.8, 4) is 0 Å². The van der Waals surface area contributed by atoms with Crippen LogP contribution >= 0.6 is 11.8 Å². The van der Waals surface area contributed by atoms with Gasteiger partial charge in [-0.25, -0.2) is 4.79 Å². The second-order valence-electron chi connectivity index (χ2n) is 6.47. The van der Waals surface area contributed by atoms with Gasteiger partial charge in [0, 0.05) is 4.75 Å². The van der Waals surface area contributed by atoms with E-state index in [4.69, 9.17) is 5.73 Å². The Morgan fingerprint density at radius 3 is 2.54 bits per heavy atom. The molecule has 4 atom stereocenters. The fraction of sp³-hybridized carbons (Fsp3) is 0.438. The molecule has 0 aromatic heterocycles. The summed E-state index contributed by atoms with van der Waals surface area (Å²) in [5.41, 5.74) is 6.59. The number of aliphatic carboxylic acids is 1. The number of carbonyl (C=O) groups excluding carboxylic acids is 2. The molecule has 2 aliphatic rings. The van der Waals surface area contributed by atoms with Gasteiger partial charge in [0.2, 0.25) is 11.8 Å². The minimum atomic E-state index is -1.03. The van der Waals surface area contributed by atoms with E-state index in [0.29, 0.717) is 5.56 Å². The molecule has 0 radical (unpaired) electrons. The standard InChI is InChI=1S/C16H19N3O4S/c1-16(2)11(15(22)23)19-13(21)10(14(19)24-16)18-12(20)9(17)8-6-4-3-5-7-8/h3-7,9-11,14H,17H2,1-2H3,(H,18,20)(H,22,23)/t9-,10+,11+,14+/m0/s1. The molecule has 0 bridgehead atoms. The number of nitrogens with zero attached hydrogens (tertiary/aromatic N) is 1. The molecule has 2 heterocycles. The van der Waals surface area contributed by atoms with E-state index in [1.54, 1.807) is 38.1 Å². The maximum absolute atomic E-state index is 12.3. The number of carbonyl (C=O) groups is 3. The van der Waals surface area contributed by atoms with Crippen molar-refractivity contribution < 1.29 is 19.5 Å². The number of amides is 2. The van der Waals surface area contributed by atoms with E-state index in [1.165, 1.54) is 16.7 Å². The van der Waals surface area contributed by atoms with Crippen molar-refractivity contribution in [2.75, 3.05) is 0 Å². The molecule has 2 amide bonds. The quantitative estimate of drug-likeness (QED) is 0.675. The number of nitrogens with one attached hydrogen (secondary N) is 1. The van der Waals surface area contributed by atoms with Gasteiger partial charge in [-0.05, 0) is 19.4 Å². The molecular weight excluding hydrogens is 330 g/mol. The Hall–Kier alpha value is -2.06. The van der Waals surface area contributed by atoms with Gasteiger partial charge in [0.25, 0.3) is 0 Å². The first kappa shape index (κ1) is 16.8. The summed E-state index contributed by atoms with van der Waals surface area (Å²) >= 11 is 1.38. The second-order valence-corrected chi connectivity index (χ2v) is 8.24. The summed E-state index contributed by atoms with van der Waals surface area (Å²) in [6, 6.07) is 6.38. The summed E-state index contributed by atoms with van der Waals surface area (Å²) in [6.45, 7) is 3.58. The molecule has 8 heteroatoms. The number of carboxylic acids is 1. The third kappa shape index (κ3) is 2.55. The third-order valence-corrected chi connectivity index (χ3v) is 5.99. The summed E-state index contributed by atoms with van der Waals surface area (Å²) < 4.78 is -0.618. The summed E-state index contributed by atoms with van der Waals surface area (Å²) in [6.07, 6.45) is 0. The van der Waals surface area contributed by atoms with Crippen molar-refractivity contribution in [2.45, 2.75) is 42.1 Å². The van der Waals surface area contributed by atoms with Crippen LogP contribution in [0.25, 0.3) is 0 Å². The molecule has 0 unspecified atom stereocenters. The second kappa shape index (κ2) is 5.78. The van der Waals surface area contributed by atoms with E-state index < -0.39 is 34.7 Å². The van der Waals surface area contributed by atoms with Gasteiger partial charge in [0.15, 0.2) is 0 Å². The first-order valence-electron chi connectivity index (χ1n) is 7.58. The predicted octanol–water partition coefficient (Wildman–Crippen LogP) is 0.318. The molecule has 128 valence electrons. The van der Waals surface area contributed by atoms with Crippen molar-refractivity contribution in [3.63, 3.8) is 0 Å². The van der Waals surface area contributed by atoms with E-state index in [0.717, 1.165) is 0 Å². The van der Waals surface area contributed by atoms with Crippen molar-refractivity contribution in [1.82, 2.24) is 10.2 Å². The molecule has 4 N–H and O–H groups in total. The lowest BCUT2D eigenvalue weighted by Gasteiger charge is -2.43. The molecule has 7 nitrogen and oxygen atoms in total. The Morgan fingerprint density at radius 2 is 1.96 bits per heavy atom. The highest BCUT2D eigenvalue weighted by Gasteiger charge is 2.64. The van der Waals surface area contributed by atoms with E-state index in [-0.39, 0.29) is 11.3 Å². The van der Waals surface area contributed by atoms with Crippen molar-refractivity contribution in [1.29, 1.82) is 0 Å². The van der Waals surface area contributed by atoms with Crippen LogP contribution in [0.4, 0.5) is 0 Å². The lowest BCUT2D eigenvalue weighted by atomic mass is 9.95. The molecule has 2 fully saturated rings. The molecule has 2 saturated heterocycles. The highest BCUT2D eigenvalue weighted by Crippen LogP contribution is 2.50. The van der Waals surface area contributed by atoms with Crippen molar-refractivity contribution in [2.24, 2.45) is 5.73 Å². The fourth-order valence-electron chi connectivity index (χ4n) is 3.20. The van der Waals surface area contributed by atoms with Crippen molar-refractivity contribution >= 4 is 29.5 Å². The minimum absolute atomic E-state index is 0.375. The summed E-state index contributed by atoms with van der Waals surface area (Å²) in [7, 11) is 0. The van der Waals surface area contributed by atoms with Crippen LogP contribution in [0.1, 0.15) is 25.5 Å². The van der Waals surface area contributed by atoms with Gasteiger partial charge in [0.05, 0.1) is 0 Å². The number of hydrogen-bond acceptors (Lipinski definition) is 5. The molecule has 1 aromatic carbocycles. The number of fused-ring (bicyclic) bond motifs is 1. The lowest BCUT2D eigenvalue weighted by molar-refractivity contribution is -0.161. The summed E-state index contributed by atoms with van der Waals surface area (Å²) in [5.74, 6) is -1.86. The smallest absolute Gasteiger partial charge is 0.327 e. The van der Waals surface area contributed by atoms with E-state index in [1.807, 2.05) is 6.07 Å². The molecule has 2 aliphatic heterocycles. The maximum Gasteiger partial charge on any atom is 0.327 e. The number of benzene rings is 1. The molecule has 0 spiro atoms. The Morgan fingerprint density at radius 1 is 1.33 bits per heavy atom. The molecule has 1 aromatic rings. The topological polar surface area (TPSA) is 113 Å². The summed E-state index contributed by atoms with van der Waals surface area (Å²) in [4.78, 5) is 37.5. The molecule has 0 aliphatic carbocycles. The molecule has 3 rings (SSSR count). The normalized spacial score (nSPS) is 28.7. The van der Waals surface area contributed by atoms with Gasteiger partial charge in [-0.1, -0.05) is 30.3 Å². The van der Waals surface area contributed by atoms with Crippen LogP contribution in [0.5, 0.6) is 0 Å². The Kier molecular flexibility index (Phi) is 4.05. The van der Waals surface area contributed by atoms with E-state index >= 15 is 0 Å². The van der Waals surface area contributed by atoms with Gasteiger partial charge in [-0.2, -0.15) is 0 Å². The monoisotopic (exact) mass is 349 g/mol. The fourth-order valence-corrected chi connectivity index (χ4v) is 4.83. The number of nitrogens with two attached hydrogens (primary N) is 1. The highest BCUT2D eigenvalue weighted by molar-refractivity contribution is 8.01. The van der Waals surface area contributed by atoms with Gasteiger partial charge in [-0.15, -0.1) is 11.8 Å². The van der Waals surface area contributed by atoms with E-state index in [9.17, 15) is 19.5 Å². The predicted molar refractivity (Wildman–Crippen MR) is 89.0 cm³/mol. The number of carboxylic acid groups (broad SMARTS) is 1. The Balaban J connectivity index is 1.71. The van der Waals surface area contributed by atoms with Crippen LogP contribution in [0.3, 0.4) is 0 Å². The van der Waals surface area contributed by atoms with Crippen LogP contribution in [0, 0.1) is 0 Å². The molecule has 0 saturated carbocycles. The Bertz CT molecular complexity index is 694. The van der Waals surface area contributed by atoms with Gasteiger partial charge < -0.3 is 21.1 Å². The molecule has 24 heavy (non-hydrogen) atoms. The van der Waals surface area contributed by atoms with Crippen LogP contribution in [-0.2, 0) is 14.4 Å². The zero-order valence-electron chi connectivity index (χ0n) is 13.3. The van der Waals surface area contributed by atoms with Crippen LogP contribution in [0.15, 0.2) is 30.3 Å². The van der Waals surface area contributed by atoms with Crippen LogP contribution in [-0.4, -0.2) is 50.0 Å². The number of thioether (sulfide) groups is 1. The lowest BCUT2D eigenvalue weighted by Crippen LogP contribution is -2.71. The van der Waals surface area contributed by atoms with Gasteiger partial charge in [0.1, 0.15) is 23.5 Å². The van der Waals surface area contributed by atoms with Crippen molar-refractivity contribution in [3.05, 3.63) is 35.9 Å². The third-order valence-electron chi connectivity index (χ3n) is 4.41. The summed E-state index contributed by atoms with van der Waals surface area (Å²) in [5, 5.41) is 11.7. The van der Waals surface area contributed by atoms with Gasteiger partial charge in [-0.3, -0.25) is 9.59 Å². The number of rotatable bonds is 4. The first-order chi connectivity index (χ1) is 11.2. The maximum atomic E-state index is 12.3. The zero-order chi connectivity index (χ0) is 17.6. The number of hydrogen-bond donors (Lipinski definition) is 3. The largest absolute Gasteiger partial charge is 0.480 e. The minimum Gasteiger partial charge on any atom is -0.480 e. The van der Waals surface area contributed by atoms with E-state index in [2.05, 4.69) is 5.32 Å². The Labute approximate surface area is 143 Å². The zero-order valence-corrected chi connectivity index (χ0v) is 14.1. The van der Waals surface area contributed by atoms with Crippen LogP contribution < -0.4 is 11.1 Å². The average Bonchev–Trinajstić information content (AvgIpc) is 2.80. The first-order valence-corrected chi connectivity index (χ1v) is 8.45. The van der Waals surface area contributed by atoms with Gasteiger partial charge >= 0.3 is 5.97 Å². The SMILES string of the molecule is CC1(C)S[C@@H]2[C@H](NC(=O)[C@@H](N)c3ccccc3)C(=O)N2[C@@H]1C(=O)O. The number of β-lactam (4-membered cyclic amide) rings is 1.